The van der Waals surface area contributed by atoms with E-state index in [2.05, 4.69) is 5.92 Å². The molecule has 64 valence electrons. The maximum Gasteiger partial charge on any atom is 0.143 e. The molecule has 1 N–H and O–H groups in total. The average Bonchev–Trinajstić information content (AvgIpc) is 2.60. The first-order chi connectivity index (χ1) is 6.33. The van der Waals surface area contributed by atoms with Crippen LogP contribution in [-0.2, 0) is 0 Å². The molecular formula is C11H8O2. The van der Waals surface area contributed by atoms with Crippen LogP contribution in [0.5, 0.6) is 0 Å². The molecule has 0 amide bonds. The molecule has 2 heteroatoms. The first kappa shape index (κ1) is 7.90. The van der Waals surface area contributed by atoms with Gasteiger partial charge in [0, 0.05) is 10.9 Å². The van der Waals surface area contributed by atoms with Gasteiger partial charge in [-0.25, -0.2) is 0 Å². The molecule has 1 aromatic heterocycles. The Morgan fingerprint density at radius 3 is 2.92 bits per heavy atom. The van der Waals surface area contributed by atoms with Crippen molar-refractivity contribution >= 4 is 11.0 Å². The van der Waals surface area contributed by atoms with E-state index in [1.165, 1.54) is 6.26 Å². The zero-order valence-corrected chi connectivity index (χ0v) is 6.90. The third-order valence-electron chi connectivity index (χ3n) is 1.96. The highest BCUT2D eigenvalue weighted by Crippen LogP contribution is 2.25. The van der Waals surface area contributed by atoms with E-state index in [9.17, 15) is 5.11 Å². The highest BCUT2D eigenvalue weighted by atomic mass is 16.3. The molecule has 0 bridgehead atoms. The highest BCUT2D eigenvalue weighted by Gasteiger charge is 2.10. The predicted molar refractivity (Wildman–Crippen MR) is 50.0 cm³/mol. The summed E-state index contributed by atoms with van der Waals surface area (Å²) < 4.78 is 5.22. The lowest BCUT2D eigenvalue weighted by Gasteiger charge is -1.98. The summed E-state index contributed by atoms with van der Waals surface area (Å²) in [6, 6.07) is 7.46. The van der Waals surface area contributed by atoms with Crippen LogP contribution in [-0.4, -0.2) is 5.11 Å². The average molecular weight is 172 g/mol. The lowest BCUT2D eigenvalue weighted by Crippen LogP contribution is -1.90. The number of aliphatic hydroxyl groups is 1. The number of fused-ring (bicyclic) bond motifs is 1. The van der Waals surface area contributed by atoms with E-state index >= 15 is 0 Å². The number of hydrogen-bond acceptors (Lipinski definition) is 2. The van der Waals surface area contributed by atoms with Crippen LogP contribution >= 0.6 is 0 Å². The molecule has 0 fully saturated rings. The van der Waals surface area contributed by atoms with E-state index in [1.807, 2.05) is 24.3 Å². The molecule has 0 aliphatic heterocycles. The van der Waals surface area contributed by atoms with Crippen molar-refractivity contribution in [1.29, 1.82) is 0 Å². The molecule has 0 radical (unpaired) electrons. The van der Waals surface area contributed by atoms with Crippen LogP contribution in [0.4, 0.5) is 0 Å². The number of hydrogen-bond donors (Lipinski definition) is 1. The maximum absolute atomic E-state index is 9.42. The molecule has 1 aromatic carbocycles. The number of para-hydroxylation sites is 1. The number of terminal acetylenes is 1. The third-order valence-corrected chi connectivity index (χ3v) is 1.96. The lowest BCUT2D eigenvalue weighted by atomic mass is 10.1. The van der Waals surface area contributed by atoms with Crippen LogP contribution in [0.25, 0.3) is 11.0 Å². The van der Waals surface area contributed by atoms with Gasteiger partial charge in [-0.2, -0.15) is 0 Å². The highest BCUT2D eigenvalue weighted by molar-refractivity contribution is 5.81. The van der Waals surface area contributed by atoms with Crippen molar-refractivity contribution in [3.05, 3.63) is 36.1 Å². The van der Waals surface area contributed by atoms with Crippen LogP contribution in [0.15, 0.2) is 34.9 Å². The molecular weight excluding hydrogens is 164 g/mol. The Labute approximate surface area is 75.8 Å². The Bertz CT molecular complexity index is 462. The first-order valence-electron chi connectivity index (χ1n) is 3.93. The summed E-state index contributed by atoms with van der Waals surface area (Å²) >= 11 is 0. The fourth-order valence-electron chi connectivity index (χ4n) is 1.30. The Morgan fingerprint density at radius 2 is 2.15 bits per heavy atom. The lowest BCUT2D eigenvalue weighted by molar-refractivity contribution is 0.238. The molecule has 1 heterocycles. The van der Waals surface area contributed by atoms with Crippen LogP contribution in [0.3, 0.4) is 0 Å². The number of benzene rings is 1. The molecule has 2 rings (SSSR count). The van der Waals surface area contributed by atoms with Crippen LogP contribution in [0.1, 0.15) is 11.7 Å². The first-order valence-corrected chi connectivity index (χ1v) is 3.93. The predicted octanol–water partition coefficient (Wildman–Crippen LogP) is 2.10. The second kappa shape index (κ2) is 2.96. The van der Waals surface area contributed by atoms with Crippen molar-refractivity contribution in [2.24, 2.45) is 0 Å². The summed E-state index contributed by atoms with van der Waals surface area (Å²) in [5, 5.41) is 10.3. The van der Waals surface area contributed by atoms with Gasteiger partial charge in [-0.1, -0.05) is 24.1 Å². The maximum atomic E-state index is 9.42. The number of furan rings is 1. The minimum absolute atomic E-state index is 0.651. The second-order valence-electron chi connectivity index (χ2n) is 2.76. The zero-order valence-electron chi connectivity index (χ0n) is 6.90. The number of aliphatic hydroxyl groups excluding tert-OH is 1. The molecule has 0 aliphatic rings. The normalized spacial score (nSPS) is 12.6. The van der Waals surface area contributed by atoms with Gasteiger partial charge < -0.3 is 9.52 Å². The van der Waals surface area contributed by atoms with Crippen molar-refractivity contribution in [1.82, 2.24) is 0 Å². The van der Waals surface area contributed by atoms with E-state index < -0.39 is 6.10 Å². The van der Waals surface area contributed by atoms with Crippen molar-refractivity contribution in [3.8, 4) is 12.3 Å². The Balaban J connectivity index is 2.66. The van der Waals surface area contributed by atoms with Crippen molar-refractivity contribution < 1.29 is 9.52 Å². The van der Waals surface area contributed by atoms with Gasteiger partial charge >= 0.3 is 0 Å². The minimum Gasteiger partial charge on any atom is -0.464 e. The van der Waals surface area contributed by atoms with Crippen LogP contribution in [0, 0.1) is 12.3 Å². The van der Waals surface area contributed by atoms with Gasteiger partial charge in [-0.05, 0) is 6.07 Å². The molecule has 0 saturated heterocycles. The standard InChI is InChI=1S/C11H8O2/c1-2-10(12)9-7-13-11-6-4-3-5-8(9)11/h1,3-7,10,12H. The Kier molecular flexibility index (Phi) is 1.80. The number of rotatable bonds is 1. The quantitative estimate of drug-likeness (QED) is 0.668. The molecule has 1 atom stereocenters. The molecule has 2 nitrogen and oxygen atoms in total. The van der Waals surface area contributed by atoms with Gasteiger partial charge in [0.2, 0.25) is 0 Å². The van der Waals surface area contributed by atoms with E-state index in [1.54, 1.807) is 0 Å². The van der Waals surface area contributed by atoms with Gasteiger partial charge in [-0.3, -0.25) is 0 Å². The SMILES string of the molecule is C#CC(O)c1coc2ccccc12. The smallest absolute Gasteiger partial charge is 0.143 e. The molecule has 0 saturated carbocycles. The van der Waals surface area contributed by atoms with Crippen molar-refractivity contribution in [3.63, 3.8) is 0 Å². The molecule has 1 unspecified atom stereocenters. The molecule has 2 aromatic rings. The zero-order chi connectivity index (χ0) is 9.26. The van der Waals surface area contributed by atoms with Crippen LogP contribution in [0.2, 0.25) is 0 Å². The van der Waals surface area contributed by atoms with Crippen molar-refractivity contribution in [2.45, 2.75) is 6.10 Å². The van der Waals surface area contributed by atoms with E-state index in [0.717, 1.165) is 11.0 Å². The minimum atomic E-state index is -0.886. The molecule has 0 aliphatic carbocycles. The Hall–Kier alpha value is -1.72. The second-order valence-corrected chi connectivity index (χ2v) is 2.76. The van der Waals surface area contributed by atoms with E-state index in [-0.39, 0.29) is 0 Å². The summed E-state index contributed by atoms with van der Waals surface area (Å²) in [6.07, 6.45) is 5.72. The van der Waals surface area contributed by atoms with E-state index in [4.69, 9.17) is 10.8 Å². The fraction of sp³-hybridized carbons (Fsp3) is 0.0909. The van der Waals surface area contributed by atoms with Gasteiger partial charge in [0.25, 0.3) is 0 Å². The van der Waals surface area contributed by atoms with E-state index in [0.29, 0.717) is 5.56 Å². The monoisotopic (exact) mass is 172 g/mol. The third kappa shape index (κ3) is 1.20. The van der Waals surface area contributed by atoms with Gasteiger partial charge in [-0.15, -0.1) is 6.42 Å². The van der Waals surface area contributed by atoms with Crippen LogP contribution < -0.4 is 0 Å². The van der Waals surface area contributed by atoms with Gasteiger partial charge in [0.15, 0.2) is 0 Å². The largest absolute Gasteiger partial charge is 0.464 e. The summed E-state index contributed by atoms with van der Waals surface area (Å²) in [7, 11) is 0. The summed E-state index contributed by atoms with van der Waals surface area (Å²) in [6.45, 7) is 0. The molecule has 13 heavy (non-hydrogen) atoms. The summed E-state index contributed by atoms with van der Waals surface area (Å²) in [5.41, 5.74) is 1.39. The van der Waals surface area contributed by atoms with Gasteiger partial charge in [0.1, 0.15) is 11.7 Å². The summed E-state index contributed by atoms with van der Waals surface area (Å²) in [5.74, 6) is 2.26. The Morgan fingerprint density at radius 1 is 1.38 bits per heavy atom. The molecule has 0 spiro atoms. The topological polar surface area (TPSA) is 33.4 Å². The van der Waals surface area contributed by atoms with Gasteiger partial charge in [0.05, 0.1) is 6.26 Å². The fourth-order valence-corrected chi connectivity index (χ4v) is 1.30. The van der Waals surface area contributed by atoms with Crippen molar-refractivity contribution in [2.75, 3.05) is 0 Å². The summed E-state index contributed by atoms with van der Waals surface area (Å²) in [4.78, 5) is 0.